The number of hydrogen-bond acceptors (Lipinski definition) is 3. The molecule has 2 rings (SSSR count). The third-order valence-corrected chi connectivity index (χ3v) is 2.83. The van der Waals surface area contributed by atoms with Crippen molar-refractivity contribution < 1.29 is 0 Å². The number of nitrogens with zero attached hydrogens (tertiary/aromatic N) is 1. The van der Waals surface area contributed by atoms with Gasteiger partial charge in [0.2, 0.25) is 0 Å². The Morgan fingerprint density at radius 3 is 2.92 bits per heavy atom. The summed E-state index contributed by atoms with van der Waals surface area (Å²) in [6.45, 7) is 2.03. The first-order valence-electron chi connectivity index (χ1n) is 3.64. The van der Waals surface area contributed by atoms with Crippen molar-refractivity contribution in [2.45, 2.75) is 6.92 Å². The third kappa shape index (κ3) is 1.02. The summed E-state index contributed by atoms with van der Waals surface area (Å²) in [4.78, 5) is 10.2. The molecule has 1 aromatic heterocycles. The maximum atomic E-state index is 10.2. The van der Waals surface area contributed by atoms with E-state index in [2.05, 4.69) is 5.18 Å². The Labute approximate surface area is 73.8 Å². The monoisotopic (exact) mass is 177 g/mol. The minimum absolute atomic E-state index is 0.555. The highest BCUT2D eigenvalue weighted by Gasteiger charge is 2.02. The molecule has 0 aliphatic carbocycles. The van der Waals surface area contributed by atoms with Crippen molar-refractivity contribution in [3.05, 3.63) is 34.7 Å². The van der Waals surface area contributed by atoms with E-state index < -0.39 is 0 Å². The molecule has 0 unspecified atom stereocenters. The number of hydrogen-bond donors (Lipinski definition) is 0. The van der Waals surface area contributed by atoms with E-state index in [9.17, 15) is 4.91 Å². The first kappa shape index (κ1) is 7.43. The topological polar surface area (TPSA) is 29.4 Å². The van der Waals surface area contributed by atoms with Crippen LogP contribution < -0.4 is 0 Å². The van der Waals surface area contributed by atoms with Gasteiger partial charge in [-0.15, -0.1) is 16.2 Å². The molecule has 0 amide bonds. The van der Waals surface area contributed by atoms with Gasteiger partial charge in [0.15, 0.2) is 5.00 Å². The quantitative estimate of drug-likeness (QED) is 0.612. The largest absolute Gasteiger partial charge is 0.161 e. The Morgan fingerprint density at radius 2 is 2.25 bits per heavy atom. The van der Waals surface area contributed by atoms with Crippen LogP contribution in [0.5, 0.6) is 0 Å². The average Bonchev–Trinajstić information content (AvgIpc) is 2.49. The molecule has 60 valence electrons. The Hall–Kier alpha value is -1.22. The molecular formula is C9H7NOS. The maximum absolute atomic E-state index is 10.2. The Kier molecular flexibility index (Phi) is 1.66. The summed E-state index contributed by atoms with van der Waals surface area (Å²) in [6.07, 6.45) is 0. The fraction of sp³-hybridized carbons (Fsp3) is 0.111. The number of benzene rings is 1. The molecule has 0 saturated carbocycles. The van der Waals surface area contributed by atoms with Crippen molar-refractivity contribution in [2.24, 2.45) is 5.18 Å². The van der Waals surface area contributed by atoms with Gasteiger partial charge in [-0.1, -0.05) is 12.1 Å². The minimum Gasteiger partial charge on any atom is -0.144 e. The molecule has 1 aromatic carbocycles. The molecule has 0 radical (unpaired) electrons. The summed E-state index contributed by atoms with van der Waals surface area (Å²) in [5, 5.41) is 4.61. The molecule has 3 heteroatoms. The van der Waals surface area contributed by atoms with Crippen LogP contribution in [0.2, 0.25) is 0 Å². The molecule has 0 aliphatic rings. The van der Waals surface area contributed by atoms with Gasteiger partial charge in [-0.2, -0.15) is 0 Å². The van der Waals surface area contributed by atoms with Gasteiger partial charge in [-0.25, -0.2) is 0 Å². The highest BCUT2D eigenvalue weighted by atomic mass is 32.1. The van der Waals surface area contributed by atoms with E-state index in [1.165, 1.54) is 16.9 Å². The van der Waals surface area contributed by atoms with Crippen molar-refractivity contribution in [3.8, 4) is 0 Å². The lowest BCUT2D eigenvalue weighted by molar-refractivity contribution is 1.54. The Bertz CT molecular complexity index is 433. The van der Waals surface area contributed by atoms with Crippen molar-refractivity contribution in [2.75, 3.05) is 0 Å². The number of aryl methyl sites for hydroxylation is 1. The van der Waals surface area contributed by atoms with Gasteiger partial charge in [-0.05, 0) is 35.2 Å². The third-order valence-electron chi connectivity index (χ3n) is 1.86. The van der Waals surface area contributed by atoms with Crippen molar-refractivity contribution in [3.63, 3.8) is 0 Å². The lowest BCUT2D eigenvalue weighted by Gasteiger charge is -1.91. The SMILES string of the molecule is Cc1cccc2sc(N=O)cc12. The molecule has 0 atom stereocenters. The van der Waals surface area contributed by atoms with Gasteiger partial charge in [-0.3, -0.25) is 0 Å². The lowest BCUT2D eigenvalue weighted by atomic mass is 10.1. The fourth-order valence-corrected chi connectivity index (χ4v) is 2.15. The van der Waals surface area contributed by atoms with Crippen LogP contribution in [-0.4, -0.2) is 0 Å². The second-order valence-electron chi connectivity index (χ2n) is 2.66. The standard InChI is InChI=1S/C9H7NOS/c1-6-3-2-4-8-7(6)5-9(10-11)12-8/h2-5H,1H3. The Morgan fingerprint density at radius 1 is 1.42 bits per heavy atom. The van der Waals surface area contributed by atoms with Crippen LogP contribution >= 0.6 is 11.3 Å². The van der Waals surface area contributed by atoms with Gasteiger partial charge in [0.1, 0.15) is 0 Å². The van der Waals surface area contributed by atoms with Crippen LogP contribution in [-0.2, 0) is 0 Å². The van der Waals surface area contributed by atoms with E-state index in [-0.39, 0.29) is 0 Å². The summed E-state index contributed by atoms with van der Waals surface area (Å²) in [5.74, 6) is 0. The molecule has 0 saturated heterocycles. The van der Waals surface area contributed by atoms with E-state index in [0.29, 0.717) is 5.00 Å². The molecule has 0 spiro atoms. The summed E-state index contributed by atoms with van der Waals surface area (Å²) in [5.41, 5.74) is 1.19. The van der Waals surface area contributed by atoms with Crippen LogP contribution in [0.1, 0.15) is 5.56 Å². The van der Waals surface area contributed by atoms with Crippen molar-refractivity contribution in [1.29, 1.82) is 0 Å². The molecule has 0 aliphatic heterocycles. The van der Waals surface area contributed by atoms with Crippen LogP contribution in [0.15, 0.2) is 29.4 Å². The van der Waals surface area contributed by atoms with Gasteiger partial charge >= 0.3 is 0 Å². The lowest BCUT2D eigenvalue weighted by Crippen LogP contribution is -1.68. The molecule has 12 heavy (non-hydrogen) atoms. The molecule has 1 heterocycles. The number of fused-ring (bicyclic) bond motifs is 1. The number of thiophene rings is 1. The van der Waals surface area contributed by atoms with Crippen LogP contribution in [0.25, 0.3) is 10.1 Å². The van der Waals surface area contributed by atoms with E-state index >= 15 is 0 Å². The van der Waals surface area contributed by atoms with E-state index in [1.54, 1.807) is 0 Å². The van der Waals surface area contributed by atoms with Crippen molar-refractivity contribution >= 4 is 26.4 Å². The second kappa shape index (κ2) is 2.68. The minimum atomic E-state index is 0.555. The molecule has 0 fully saturated rings. The maximum Gasteiger partial charge on any atom is 0.161 e. The Balaban J connectivity index is 2.82. The summed E-state index contributed by atoms with van der Waals surface area (Å²) in [7, 11) is 0. The van der Waals surface area contributed by atoms with Crippen LogP contribution in [0.3, 0.4) is 0 Å². The number of rotatable bonds is 1. The smallest absolute Gasteiger partial charge is 0.144 e. The molecule has 0 bridgehead atoms. The van der Waals surface area contributed by atoms with Gasteiger partial charge < -0.3 is 0 Å². The molecule has 2 aromatic rings. The number of nitroso groups, excluding NO2 is 1. The van der Waals surface area contributed by atoms with Gasteiger partial charge in [0, 0.05) is 4.70 Å². The van der Waals surface area contributed by atoms with Gasteiger partial charge in [0.25, 0.3) is 0 Å². The predicted octanol–water partition coefficient (Wildman–Crippen LogP) is 3.61. The molecular weight excluding hydrogens is 170 g/mol. The first-order valence-corrected chi connectivity index (χ1v) is 4.45. The van der Waals surface area contributed by atoms with E-state index in [0.717, 1.165) is 10.1 Å². The zero-order valence-electron chi connectivity index (χ0n) is 6.57. The van der Waals surface area contributed by atoms with Crippen LogP contribution in [0.4, 0.5) is 5.00 Å². The normalized spacial score (nSPS) is 10.4. The summed E-state index contributed by atoms with van der Waals surface area (Å²) in [6, 6.07) is 7.86. The molecule has 2 nitrogen and oxygen atoms in total. The summed E-state index contributed by atoms with van der Waals surface area (Å²) < 4.78 is 1.13. The van der Waals surface area contributed by atoms with Crippen molar-refractivity contribution in [1.82, 2.24) is 0 Å². The highest BCUT2D eigenvalue weighted by Crippen LogP contribution is 2.33. The molecule has 0 N–H and O–H groups in total. The van der Waals surface area contributed by atoms with Gasteiger partial charge in [0.05, 0.1) is 0 Å². The zero-order chi connectivity index (χ0) is 8.55. The fourth-order valence-electron chi connectivity index (χ4n) is 1.24. The first-order chi connectivity index (χ1) is 5.81. The average molecular weight is 177 g/mol. The zero-order valence-corrected chi connectivity index (χ0v) is 7.39. The van der Waals surface area contributed by atoms with E-state index in [4.69, 9.17) is 0 Å². The second-order valence-corrected chi connectivity index (χ2v) is 3.72. The highest BCUT2D eigenvalue weighted by molar-refractivity contribution is 7.22. The van der Waals surface area contributed by atoms with Crippen LogP contribution in [0, 0.1) is 11.8 Å². The van der Waals surface area contributed by atoms with E-state index in [1.807, 2.05) is 31.2 Å². The predicted molar refractivity (Wildman–Crippen MR) is 52.0 cm³/mol. The summed E-state index contributed by atoms with van der Waals surface area (Å²) >= 11 is 1.43.